The number of hydrogen-bond acceptors (Lipinski definition) is 6. The van der Waals surface area contributed by atoms with E-state index in [9.17, 15) is 9.59 Å². The molecule has 1 aromatic carbocycles. The van der Waals surface area contributed by atoms with Crippen LogP contribution in [0.5, 0.6) is 11.5 Å². The van der Waals surface area contributed by atoms with Crippen molar-refractivity contribution < 1.29 is 28.2 Å². The van der Waals surface area contributed by atoms with Gasteiger partial charge in [0, 0.05) is 11.6 Å². The normalized spacial score (nSPS) is 10.5. The van der Waals surface area contributed by atoms with Crippen molar-refractivity contribution in [2.45, 2.75) is 6.54 Å². The molecule has 0 aliphatic heterocycles. The average Bonchev–Trinajstić information content (AvgIpc) is 3.16. The molecule has 0 aliphatic carbocycles. The van der Waals surface area contributed by atoms with Crippen molar-refractivity contribution in [1.29, 1.82) is 0 Å². The quantitative estimate of drug-likeness (QED) is 0.583. The summed E-state index contributed by atoms with van der Waals surface area (Å²) in [7, 11) is 3.08. The van der Waals surface area contributed by atoms with Crippen LogP contribution in [0.2, 0.25) is 0 Å². The Labute approximate surface area is 145 Å². The van der Waals surface area contributed by atoms with Gasteiger partial charge in [-0.3, -0.25) is 4.79 Å². The third kappa shape index (κ3) is 5.72. The van der Waals surface area contributed by atoms with Gasteiger partial charge >= 0.3 is 5.97 Å². The van der Waals surface area contributed by atoms with E-state index in [0.717, 1.165) is 0 Å². The maximum Gasteiger partial charge on any atom is 0.331 e. The van der Waals surface area contributed by atoms with Crippen molar-refractivity contribution in [3.8, 4) is 11.5 Å². The van der Waals surface area contributed by atoms with E-state index < -0.39 is 11.9 Å². The molecule has 0 saturated heterocycles. The maximum atomic E-state index is 11.7. The number of nitrogens with one attached hydrogen (secondary N) is 1. The average molecular weight is 345 g/mol. The fraction of sp³-hybridized carbons (Fsp3) is 0.222. The topological polar surface area (TPSA) is 87.0 Å². The lowest BCUT2D eigenvalue weighted by Crippen LogP contribution is -2.27. The number of carbonyl (C=O) groups is 2. The van der Waals surface area contributed by atoms with Crippen LogP contribution in [0.25, 0.3) is 6.08 Å². The Hall–Kier alpha value is -3.22. The summed E-state index contributed by atoms with van der Waals surface area (Å²) in [5, 5.41) is 2.58. The molecule has 2 rings (SSSR count). The summed E-state index contributed by atoms with van der Waals surface area (Å²) in [5.74, 6) is 0.770. The molecule has 1 N–H and O–H groups in total. The molecule has 0 unspecified atom stereocenters. The smallest absolute Gasteiger partial charge is 0.331 e. The Kier molecular flexibility index (Phi) is 6.65. The van der Waals surface area contributed by atoms with Gasteiger partial charge in [0.25, 0.3) is 5.91 Å². The number of esters is 1. The van der Waals surface area contributed by atoms with E-state index in [0.29, 0.717) is 22.8 Å². The molecule has 25 heavy (non-hydrogen) atoms. The molecule has 0 fully saturated rings. The van der Waals surface area contributed by atoms with E-state index in [1.165, 1.54) is 25.5 Å². The Morgan fingerprint density at radius 2 is 2.04 bits per heavy atom. The number of amides is 1. The fourth-order valence-electron chi connectivity index (χ4n) is 1.96. The number of rotatable bonds is 8. The lowest BCUT2D eigenvalue weighted by molar-refractivity contribution is -0.143. The van der Waals surface area contributed by atoms with Gasteiger partial charge in [-0.25, -0.2) is 4.79 Å². The maximum absolute atomic E-state index is 11.7. The van der Waals surface area contributed by atoms with Gasteiger partial charge in [0.15, 0.2) is 6.61 Å². The third-order valence-corrected chi connectivity index (χ3v) is 3.22. The Bertz CT molecular complexity index is 736. The molecule has 132 valence electrons. The highest BCUT2D eigenvalue weighted by atomic mass is 16.5. The number of methoxy groups -OCH3 is 2. The first-order chi connectivity index (χ1) is 12.1. The van der Waals surface area contributed by atoms with Crippen molar-refractivity contribution in [3.05, 3.63) is 54.0 Å². The lowest BCUT2D eigenvalue weighted by atomic mass is 10.1. The second kappa shape index (κ2) is 9.17. The Morgan fingerprint density at radius 1 is 1.20 bits per heavy atom. The summed E-state index contributed by atoms with van der Waals surface area (Å²) in [6, 6.07) is 8.65. The first kappa shape index (κ1) is 18.1. The molecule has 7 nitrogen and oxygen atoms in total. The predicted octanol–water partition coefficient (Wildman–Crippen LogP) is 2.17. The number of hydrogen-bond donors (Lipinski definition) is 1. The lowest BCUT2D eigenvalue weighted by Gasteiger charge is -2.07. The van der Waals surface area contributed by atoms with Crippen LogP contribution in [-0.4, -0.2) is 32.7 Å². The predicted molar refractivity (Wildman–Crippen MR) is 90.1 cm³/mol. The highest BCUT2D eigenvalue weighted by Gasteiger charge is 2.07. The highest BCUT2D eigenvalue weighted by molar-refractivity contribution is 5.89. The first-order valence-corrected chi connectivity index (χ1v) is 7.48. The number of ether oxygens (including phenoxy) is 3. The molecule has 1 heterocycles. The van der Waals surface area contributed by atoms with Crippen molar-refractivity contribution in [2.75, 3.05) is 20.8 Å². The van der Waals surface area contributed by atoms with Crippen molar-refractivity contribution >= 4 is 18.0 Å². The molecule has 7 heteroatoms. The van der Waals surface area contributed by atoms with Crippen molar-refractivity contribution in [3.63, 3.8) is 0 Å². The van der Waals surface area contributed by atoms with Crippen molar-refractivity contribution in [1.82, 2.24) is 5.32 Å². The van der Waals surface area contributed by atoms with Crippen LogP contribution in [0.15, 0.2) is 47.1 Å². The second-order valence-corrected chi connectivity index (χ2v) is 4.91. The standard InChI is InChI=1S/C18H19NO6/c1-22-14-6-7-16(23-2)13(10-14)5-8-18(21)25-12-17(20)19-11-15-4-3-9-24-15/h3-10H,11-12H2,1-2H3,(H,19,20)/b8-5+. The summed E-state index contributed by atoms with van der Waals surface area (Å²) >= 11 is 0. The number of benzene rings is 1. The molecular weight excluding hydrogens is 326 g/mol. The van der Waals surface area contributed by atoms with Crippen LogP contribution < -0.4 is 14.8 Å². The minimum absolute atomic E-state index is 0.236. The van der Waals surface area contributed by atoms with Crippen LogP contribution in [-0.2, 0) is 20.9 Å². The minimum atomic E-state index is -0.641. The molecule has 0 spiro atoms. The Morgan fingerprint density at radius 3 is 2.72 bits per heavy atom. The van der Waals surface area contributed by atoms with Crippen LogP contribution in [0.4, 0.5) is 0 Å². The van der Waals surface area contributed by atoms with E-state index in [4.69, 9.17) is 18.6 Å². The highest BCUT2D eigenvalue weighted by Crippen LogP contribution is 2.25. The van der Waals surface area contributed by atoms with Gasteiger partial charge in [0.05, 0.1) is 27.0 Å². The molecular formula is C18H19NO6. The van der Waals surface area contributed by atoms with Gasteiger partial charge < -0.3 is 23.9 Å². The molecule has 0 radical (unpaired) electrons. The van der Waals surface area contributed by atoms with E-state index in [-0.39, 0.29) is 13.2 Å². The molecule has 0 saturated carbocycles. The van der Waals surface area contributed by atoms with Gasteiger partial charge in [-0.2, -0.15) is 0 Å². The fourth-order valence-corrected chi connectivity index (χ4v) is 1.96. The summed E-state index contributed by atoms with van der Waals surface area (Å²) < 4.78 is 20.3. The number of carbonyl (C=O) groups excluding carboxylic acids is 2. The van der Waals surface area contributed by atoms with Crippen LogP contribution >= 0.6 is 0 Å². The summed E-state index contributed by atoms with van der Waals surface area (Å²) in [4.78, 5) is 23.3. The molecule has 0 aliphatic rings. The van der Waals surface area contributed by atoms with E-state index >= 15 is 0 Å². The zero-order valence-electron chi connectivity index (χ0n) is 14.0. The second-order valence-electron chi connectivity index (χ2n) is 4.91. The first-order valence-electron chi connectivity index (χ1n) is 7.48. The molecule has 0 atom stereocenters. The molecule has 1 amide bonds. The van der Waals surface area contributed by atoms with Gasteiger partial charge in [0.2, 0.25) is 0 Å². The minimum Gasteiger partial charge on any atom is -0.497 e. The zero-order chi connectivity index (χ0) is 18.1. The van der Waals surface area contributed by atoms with Gasteiger partial charge in [-0.05, 0) is 36.4 Å². The molecule has 1 aromatic heterocycles. The summed E-state index contributed by atoms with van der Waals surface area (Å²) in [6.45, 7) is -0.140. The third-order valence-electron chi connectivity index (χ3n) is 3.22. The van der Waals surface area contributed by atoms with Gasteiger partial charge in [0.1, 0.15) is 17.3 Å². The van der Waals surface area contributed by atoms with Crippen molar-refractivity contribution in [2.24, 2.45) is 0 Å². The number of furan rings is 1. The summed E-state index contributed by atoms with van der Waals surface area (Å²) in [6.07, 6.45) is 4.26. The summed E-state index contributed by atoms with van der Waals surface area (Å²) in [5.41, 5.74) is 0.654. The SMILES string of the molecule is COc1ccc(OC)c(/C=C/C(=O)OCC(=O)NCc2ccco2)c1. The molecule has 2 aromatic rings. The van der Waals surface area contributed by atoms with Crippen LogP contribution in [0.1, 0.15) is 11.3 Å². The van der Waals surface area contributed by atoms with Crippen LogP contribution in [0.3, 0.4) is 0 Å². The van der Waals surface area contributed by atoms with E-state index in [2.05, 4.69) is 5.32 Å². The van der Waals surface area contributed by atoms with Gasteiger partial charge in [-0.15, -0.1) is 0 Å². The van der Waals surface area contributed by atoms with E-state index in [1.807, 2.05) is 0 Å². The Balaban J connectivity index is 1.83. The van der Waals surface area contributed by atoms with Crippen LogP contribution in [0, 0.1) is 0 Å². The zero-order valence-corrected chi connectivity index (χ0v) is 14.0. The molecule has 0 bridgehead atoms. The largest absolute Gasteiger partial charge is 0.497 e. The van der Waals surface area contributed by atoms with E-state index in [1.54, 1.807) is 37.4 Å². The monoisotopic (exact) mass is 345 g/mol. The van der Waals surface area contributed by atoms with Gasteiger partial charge in [-0.1, -0.05) is 0 Å².